The first-order valence-corrected chi connectivity index (χ1v) is 11.8. The first-order chi connectivity index (χ1) is 16.0. The number of amides is 1. The summed E-state index contributed by atoms with van der Waals surface area (Å²) in [6.07, 6.45) is 0.966. The van der Waals surface area contributed by atoms with Gasteiger partial charge in [-0.15, -0.1) is 0 Å². The number of methoxy groups -OCH3 is 1. The summed E-state index contributed by atoms with van der Waals surface area (Å²) < 4.78 is 7.90. The molecule has 7 nitrogen and oxygen atoms in total. The van der Waals surface area contributed by atoms with Crippen LogP contribution in [0.5, 0.6) is 5.75 Å². The molecule has 3 aromatic rings. The Kier molecular flexibility index (Phi) is 7.44. The van der Waals surface area contributed by atoms with Crippen LogP contribution < -0.4 is 15.2 Å². The van der Waals surface area contributed by atoms with Crippen molar-refractivity contribution in [3.63, 3.8) is 0 Å². The van der Waals surface area contributed by atoms with Gasteiger partial charge in [0, 0.05) is 55.2 Å². The Morgan fingerprint density at radius 1 is 1.00 bits per heavy atom. The quantitative estimate of drug-likeness (QED) is 0.483. The fourth-order valence-electron chi connectivity index (χ4n) is 4.01. The second kappa shape index (κ2) is 10.7. The average molecular weight is 511 g/mol. The molecule has 0 unspecified atom stereocenters. The zero-order valence-electron chi connectivity index (χ0n) is 18.6. The molecule has 2 aromatic carbocycles. The Morgan fingerprint density at radius 2 is 1.73 bits per heavy atom. The van der Waals surface area contributed by atoms with Crippen LogP contribution in [0.1, 0.15) is 12.8 Å². The van der Waals surface area contributed by atoms with Crippen LogP contribution in [0.25, 0.3) is 11.3 Å². The SMILES string of the molecule is COc1ccccc1N1CCN(C(=O)CCCn2nc(-c3ccc(Br)cc3)ccc2=O)CC1. The molecule has 0 atom stereocenters. The lowest BCUT2D eigenvalue weighted by molar-refractivity contribution is -0.131. The van der Waals surface area contributed by atoms with Gasteiger partial charge in [-0.3, -0.25) is 9.59 Å². The van der Waals surface area contributed by atoms with Gasteiger partial charge in [0.25, 0.3) is 5.56 Å². The van der Waals surface area contributed by atoms with Crippen LogP contribution >= 0.6 is 15.9 Å². The Bertz CT molecular complexity index is 1150. The number of nitrogens with zero attached hydrogens (tertiary/aromatic N) is 4. The highest BCUT2D eigenvalue weighted by Crippen LogP contribution is 2.28. The maximum atomic E-state index is 12.7. The number of piperazine rings is 1. The largest absolute Gasteiger partial charge is 0.495 e. The van der Waals surface area contributed by atoms with Gasteiger partial charge in [-0.05, 0) is 36.8 Å². The van der Waals surface area contributed by atoms with E-state index in [0.29, 0.717) is 32.5 Å². The third kappa shape index (κ3) is 5.63. The van der Waals surface area contributed by atoms with E-state index >= 15 is 0 Å². The van der Waals surface area contributed by atoms with E-state index in [4.69, 9.17) is 4.74 Å². The third-order valence-electron chi connectivity index (χ3n) is 5.83. The van der Waals surface area contributed by atoms with E-state index in [1.807, 2.05) is 53.4 Å². The van der Waals surface area contributed by atoms with Gasteiger partial charge >= 0.3 is 0 Å². The molecular weight excluding hydrogens is 484 g/mol. The second-order valence-electron chi connectivity index (χ2n) is 7.93. The molecule has 0 N–H and O–H groups in total. The van der Waals surface area contributed by atoms with E-state index in [1.165, 1.54) is 10.7 Å². The molecule has 0 spiro atoms. The number of aryl methyl sites for hydroxylation is 1. The molecular formula is C25H27BrN4O3. The molecule has 1 aromatic heterocycles. The molecule has 4 rings (SSSR count). The number of anilines is 1. The Morgan fingerprint density at radius 3 is 2.45 bits per heavy atom. The fraction of sp³-hybridized carbons (Fsp3) is 0.320. The van der Waals surface area contributed by atoms with Gasteiger partial charge in [-0.1, -0.05) is 40.2 Å². The number of hydrogen-bond donors (Lipinski definition) is 0. The van der Waals surface area contributed by atoms with Crippen molar-refractivity contribution in [1.82, 2.24) is 14.7 Å². The third-order valence-corrected chi connectivity index (χ3v) is 6.35. The maximum absolute atomic E-state index is 12.7. The Labute approximate surface area is 201 Å². The van der Waals surface area contributed by atoms with Crippen molar-refractivity contribution in [2.75, 3.05) is 38.2 Å². The van der Waals surface area contributed by atoms with Crippen molar-refractivity contribution in [3.8, 4) is 17.0 Å². The van der Waals surface area contributed by atoms with E-state index in [9.17, 15) is 9.59 Å². The summed E-state index contributed by atoms with van der Waals surface area (Å²) in [5.74, 6) is 0.965. The fourth-order valence-corrected chi connectivity index (χ4v) is 4.27. The highest BCUT2D eigenvalue weighted by molar-refractivity contribution is 9.10. The number of para-hydroxylation sites is 2. The normalized spacial score (nSPS) is 13.8. The highest BCUT2D eigenvalue weighted by atomic mass is 79.9. The lowest BCUT2D eigenvalue weighted by Crippen LogP contribution is -2.48. The zero-order chi connectivity index (χ0) is 23.2. The summed E-state index contributed by atoms with van der Waals surface area (Å²) in [5, 5.41) is 4.49. The minimum absolute atomic E-state index is 0.117. The van der Waals surface area contributed by atoms with E-state index in [1.54, 1.807) is 13.2 Å². The molecule has 0 saturated carbocycles. The number of carbonyl (C=O) groups is 1. The lowest BCUT2D eigenvalue weighted by Gasteiger charge is -2.36. The van der Waals surface area contributed by atoms with Gasteiger partial charge in [0.05, 0.1) is 18.5 Å². The van der Waals surface area contributed by atoms with Crippen LogP contribution in [0.2, 0.25) is 0 Å². The minimum Gasteiger partial charge on any atom is -0.495 e. The lowest BCUT2D eigenvalue weighted by atomic mass is 10.1. The summed E-state index contributed by atoms with van der Waals surface area (Å²) in [6.45, 7) is 3.29. The molecule has 0 bridgehead atoms. The first kappa shape index (κ1) is 23.0. The van der Waals surface area contributed by atoms with E-state index in [-0.39, 0.29) is 11.5 Å². The zero-order valence-corrected chi connectivity index (χ0v) is 20.2. The summed E-state index contributed by atoms with van der Waals surface area (Å²) in [7, 11) is 1.67. The summed E-state index contributed by atoms with van der Waals surface area (Å²) in [5.41, 5.74) is 2.58. The van der Waals surface area contributed by atoms with Crippen molar-refractivity contribution in [1.29, 1.82) is 0 Å². The van der Waals surface area contributed by atoms with Gasteiger partial charge in [-0.25, -0.2) is 4.68 Å². The average Bonchev–Trinajstić information content (AvgIpc) is 2.85. The van der Waals surface area contributed by atoms with Gasteiger partial charge in [0.2, 0.25) is 5.91 Å². The van der Waals surface area contributed by atoms with Crippen molar-refractivity contribution in [2.45, 2.75) is 19.4 Å². The molecule has 0 radical (unpaired) electrons. The number of halogens is 1. The van der Waals surface area contributed by atoms with Gasteiger partial charge in [0.1, 0.15) is 5.75 Å². The van der Waals surface area contributed by atoms with E-state index < -0.39 is 0 Å². The summed E-state index contributed by atoms with van der Waals surface area (Å²) in [6, 6.07) is 19.0. The van der Waals surface area contributed by atoms with Crippen LogP contribution in [0.3, 0.4) is 0 Å². The summed E-state index contributed by atoms with van der Waals surface area (Å²) >= 11 is 3.43. The molecule has 2 heterocycles. The standard InChI is InChI=1S/C25H27BrN4O3/c1-33-23-6-3-2-5-22(23)28-15-17-29(18-16-28)24(31)7-4-14-30-25(32)13-12-21(27-30)19-8-10-20(26)11-9-19/h2-3,5-6,8-13H,4,7,14-18H2,1H3. The Balaban J connectivity index is 1.30. The van der Waals surface area contributed by atoms with Crippen molar-refractivity contribution >= 4 is 27.5 Å². The number of hydrogen-bond acceptors (Lipinski definition) is 5. The molecule has 1 amide bonds. The van der Waals surface area contributed by atoms with Crippen LogP contribution in [0, 0.1) is 0 Å². The minimum atomic E-state index is -0.159. The van der Waals surface area contributed by atoms with Gasteiger partial charge in [-0.2, -0.15) is 5.10 Å². The maximum Gasteiger partial charge on any atom is 0.266 e. The molecule has 33 heavy (non-hydrogen) atoms. The van der Waals surface area contributed by atoms with E-state index in [0.717, 1.165) is 40.3 Å². The number of rotatable bonds is 7. The van der Waals surface area contributed by atoms with Crippen LogP contribution in [-0.2, 0) is 11.3 Å². The topological polar surface area (TPSA) is 67.7 Å². The number of carbonyl (C=O) groups excluding carboxylic acids is 1. The summed E-state index contributed by atoms with van der Waals surface area (Å²) in [4.78, 5) is 29.1. The highest BCUT2D eigenvalue weighted by Gasteiger charge is 2.22. The predicted octanol–water partition coefficient (Wildman–Crippen LogP) is 3.81. The monoisotopic (exact) mass is 510 g/mol. The second-order valence-corrected chi connectivity index (χ2v) is 8.85. The van der Waals surface area contributed by atoms with Crippen LogP contribution in [-0.4, -0.2) is 53.9 Å². The number of aromatic nitrogens is 2. The van der Waals surface area contributed by atoms with E-state index in [2.05, 4.69) is 25.9 Å². The van der Waals surface area contributed by atoms with Crippen molar-refractivity contribution in [2.24, 2.45) is 0 Å². The molecule has 1 saturated heterocycles. The molecule has 0 aliphatic carbocycles. The number of ether oxygens (including phenoxy) is 1. The van der Waals surface area contributed by atoms with Gasteiger partial charge in [0.15, 0.2) is 0 Å². The van der Waals surface area contributed by atoms with Crippen LogP contribution in [0.4, 0.5) is 5.69 Å². The molecule has 1 aliphatic rings. The van der Waals surface area contributed by atoms with Gasteiger partial charge < -0.3 is 14.5 Å². The van der Waals surface area contributed by atoms with Crippen molar-refractivity contribution < 1.29 is 9.53 Å². The molecule has 1 aliphatic heterocycles. The smallest absolute Gasteiger partial charge is 0.266 e. The first-order valence-electron chi connectivity index (χ1n) is 11.0. The Hall–Kier alpha value is -3.13. The van der Waals surface area contributed by atoms with Crippen molar-refractivity contribution in [3.05, 3.63) is 75.5 Å². The molecule has 8 heteroatoms. The van der Waals surface area contributed by atoms with Crippen LogP contribution in [0.15, 0.2) is 69.9 Å². The molecule has 1 fully saturated rings. The number of benzene rings is 2. The molecule has 172 valence electrons. The predicted molar refractivity (Wildman–Crippen MR) is 133 cm³/mol.